The molecule has 0 fully saturated rings. The third kappa shape index (κ3) is 3.88. The fourth-order valence-corrected chi connectivity index (χ4v) is 2.82. The molecule has 0 radical (unpaired) electrons. The molecule has 2 aromatic rings. The van der Waals surface area contributed by atoms with E-state index in [4.69, 9.17) is 0 Å². The van der Waals surface area contributed by atoms with E-state index in [-0.39, 0.29) is 23.5 Å². The van der Waals surface area contributed by atoms with Crippen LogP contribution in [-0.2, 0) is 4.79 Å². The van der Waals surface area contributed by atoms with Gasteiger partial charge in [-0.15, -0.1) is 0 Å². The fraction of sp³-hybridized carbons (Fsp3) is 0.250. The van der Waals surface area contributed by atoms with Gasteiger partial charge in [-0.1, -0.05) is 44.7 Å². The van der Waals surface area contributed by atoms with E-state index in [9.17, 15) is 13.6 Å². The van der Waals surface area contributed by atoms with Gasteiger partial charge < -0.3 is 5.32 Å². The zero-order chi connectivity index (χ0) is 17.9. The van der Waals surface area contributed by atoms with Crippen molar-refractivity contribution in [3.05, 3.63) is 83.6 Å². The van der Waals surface area contributed by atoms with Crippen LogP contribution in [0.3, 0.4) is 0 Å². The summed E-state index contributed by atoms with van der Waals surface area (Å²) in [6.07, 6.45) is 0. The quantitative estimate of drug-likeness (QED) is 0.841. The summed E-state index contributed by atoms with van der Waals surface area (Å²) < 4.78 is 26.6. The predicted molar refractivity (Wildman–Crippen MR) is 91.4 cm³/mol. The summed E-state index contributed by atoms with van der Waals surface area (Å²) in [6.45, 7) is 9.03. The number of hydrogen-bond donors (Lipinski definition) is 1. The minimum absolute atomic E-state index is 0.200. The standard InChI is InChI=1S/C20H21F2NO/c1-13(2)23-19(24)20(3,4)18(14-5-9-16(21)10-6-14)15-7-11-17(22)12-8-15/h5-12,18H,1H2,2-4H3,(H,23,24). The predicted octanol–water partition coefficient (Wildman–Crippen LogP) is 4.77. The molecule has 0 unspecified atom stereocenters. The maximum atomic E-state index is 13.3. The molecule has 0 saturated carbocycles. The zero-order valence-electron chi connectivity index (χ0n) is 14.1. The Bertz CT molecular complexity index is 688. The van der Waals surface area contributed by atoms with E-state index in [2.05, 4.69) is 11.9 Å². The van der Waals surface area contributed by atoms with Gasteiger partial charge in [0.15, 0.2) is 0 Å². The first kappa shape index (κ1) is 17.9. The van der Waals surface area contributed by atoms with Crippen LogP contribution in [0.25, 0.3) is 0 Å². The Morgan fingerprint density at radius 1 is 0.958 bits per heavy atom. The molecule has 2 aromatic carbocycles. The van der Waals surface area contributed by atoms with Gasteiger partial charge in [0.25, 0.3) is 0 Å². The average Bonchev–Trinajstić information content (AvgIpc) is 2.50. The van der Waals surface area contributed by atoms with Gasteiger partial charge in [0, 0.05) is 11.6 Å². The molecule has 126 valence electrons. The number of halogens is 2. The van der Waals surface area contributed by atoms with Gasteiger partial charge in [0.2, 0.25) is 5.91 Å². The Morgan fingerprint density at radius 2 is 1.33 bits per heavy atom. The smallest absolute Gasteiger partial charge is 0.230 e. The number of amides is 1. The van der Waals surface area contributed by atoms with Crippen molar-refractivity contribution >= 4 is 5.91 Å². The summed E-state index contributed by atoms with van der Waals surface area (Å²) in [5.74, 6) is -1.26. The van der Waals surface area contributed by atoms with Crippen LogP contribution < -0.4 is 5.32 Å². The van der Waals surface area contributed by atoms with E-state index in [1.54, 1.807) is 31.2 Å². The van der Waals surface area contributed by atoms with Crippen molar-refractivity contribution < 1.29 is 13.6 Å². The van der Waals surface area contributed by atoms with Gasteiger partial charge >= 0.3 is 0 Å². The fourth-order valence-electron chi connectivity index (χ4n) is 2.82. The van der Waals surface area contributed by atoms with E-state index in [1.165, 1.54) is 24.3 Å². The lowest BCUT2D eigenvalue weighted by atomic mass is 9.70. The molecule has 0 atom stereocenters. The molecule has 0 aliphatic rings. The van der Waals surface area contributed by atoms with Crippen LogP contribution in [0.5, 0.6) is 0 Å². The van der Waals surface area contributed by atoms with Crippen LogP contribution in [0.1, 0.15) is 37.8 Å². The summed E-state index contributed by atoms with van der Waals surface area (Å²) in [5, 5.41) is 2.74. The lowest BCUT2D eigenvalue weighted by molar-refractivity contribution is -0.129. The Labute approximate surface area is 141 Å². The van der Waals surface area contributed by atoms with E-state index < -0.39 is 5.41 Å². The van der Waals surface area contributed by atoms with Gasteiger partial charge in [0.05, 0.1) is 5.41 Å². The topological polar surface area (TPSA) is 29.1 Å². The molecule has 2 rings (SSSR count). The van der Waals surface area contributed by atoms with Crippen molar-refractivity contribution in [2.75, 3.05) is 0 Å². The molecule has 0 aliphatic heterocycles. The molecule has 0 aliphatic carbocycles. The molecular weight excluding hydrogens is 308 g/mol. The number of hydrogen-bond acceptors (Lipinski definition) is 1. The minimum Gasteiger partial charge on any atom is -0.330 e. The second-order valence-corrected chi connectivity index (χ2v) is 6.49. The highest BCUT2D eigenvalue weighted by molar-refractivity contribution is 5.85. The van der Waals surface area contributed by atoms with Gasteiger partial charge in [-0.05, 0) is 42.3 Å². The highest BCUT2D eigenvalue weighted by atomic mass is 19.1. The summed E-state index contributed by atoms with van der Waals surface area (Å²) >= 11 is 0. The van der Waals surface area contributed by atoms with Crippen molar-refractivity contribution in [3.63, 3.8) is 0 Å². The number of carbonyl (C=O) groups excluding carboxylic acids is 1. The molecule has 0 spiro atoms. The minimum atomic E-state index is -0.853. The summed E-state index contributed by atoms with van der Waals surface area (Å²) in [5.41, 5.74) is 1.26. The number of carbonyl (C=O) groups is 1. The first-order valence-electron chi connectivity index (χ1n) is 7.69. The van der Waals surface area contributed by atoms with Crippen molar-refractivity contribution in [2.45, 2.75) is 26.7 Å². The summed E-state index contributed by atoms with van der Waals surface area (Å²) in [4.78, 5) is 12.7. The van der Waals surface area contributed by atoms with Crippen molar-refractivity contribution in [3.8, 4) is 0 Å². The van der Waals surface area contributed by atoms with Gasteiger partial charge in [0.1, 0.15) is 11.6 Å². The molecule has 0 heterocycles. The lowest BCUT2D eigenvalue weighted by Crippen LogP contribution is -2.40. The first-order chi connectivity index (χ1) is 11.2. The van der Waals surface area contributed by atoms with E-state index in [0.29, 0.717) is 5.70 Å². The van der Waals surface area contributed by atoms with E-state index in [1.807, 2.05) is 13.8 Å². The molecule has 1 N–H and O–H groups in total. The monoisotopic (exact) mass is 329 g/mol. The van der Waals surface area contributed by atoms with Crippen LogP contribution in [0, 0.1) is 17.0 Å². The maximum absolute atomic E-state index is 13.3. The Hall–Kier alpha value is -2.49. The number of rotatable bonds is 5. The van der Waals surface area contributed by atoms with Crippen LogP contribution in [0.2, 0.25) is 0 Å². The molecular formula is C20H21F2NO. The zero-order valence-corrected chi connectivity index (χ0v) is 14.1. The molecule has 2 nitrogen and oxygen atoms in total. The lowest BCUT2D eigenvalue weighted by Gasteiger charge is -2.34. The molecule has 0 bridgehead atoms. The summed E-state index contributed by atoms with van der Waals surface area (Å²) in [7, 11) is 0. The number of nitrogens with one attached hydrogen (secondary N) is 1. The van der Waals surface area contributed by atoms with Crippen molar-refractivity contribution in [2.24, 2.45) is 5.41 Å². The highest BCUT2D eigenvalue weighted by Gasteiger charge is 2.38. The van der Waals surface area contributed by atoms with Gasteiger partial charge in [-0.25, -0.2) is 8.78 Å². The number of allylic oxidation sites excluding steroid dienone is 1. The van der Waals surface area contributed by atoms with Crippen molar-refractivity contribution in [1.82, 2.24) is 5.32 Å². The Kier molecular flexibility index (Phi) is 5.17. The molecule has 0 aromatic heterocycles. The van der Waals surface area contributed by atoms with E-state index >= 15 is 0 Å². The van der Waals surface area contributed by atoms with Crippen LogP contribution >= 0.6 is 0 Å². The molecule has 4 heteroatoms. The van der Waals surface area contributed by atoms with Crippen LogP contribution in [-0.4, -0.2) is 5.91 Å². The third-order valence-corrected chi connectivity index (χ3v) is 4.04. The molecule has 0 saturated heterocycles. The summed E-state index contributed by atoms with van der Waals surface area (Å²) in [6, 6.07) is 12.0. The highest BCUT2D eigenvalue weighted by Crippen LogP contribution is 2.41. The largest absolute Gasteiger partial charge is 0.330 e. The van der Waals surface area contributed by atoms with Crippen LogP contribution in [0.4, 0.5) is 8.78 Å². The van der Waals surface area contributed by atoms with Gasteiger partial charge in [-0.2, -0.15) is 0 Å². The maximum Gasteiger partial charge on any atom is 0.230 e. The normalized spacial score (nSPS) is 11.4. The molecule has 1 amide bonds. The SMILES string of the molecule is C=C(C)NC(=O)C(C)(C)C(c1ccc(F)cc1)c1ccc(F)cc1. The Morgan fingerprint density at radius 3 is 1.67 bits per heavy atom. The van der Waals surface area contributed by atoms with Gasteiger partial charge in [-0.3, -0.25) is 4.79 Å². The van der Waals surface area contributed by atoms with Crippen LogP contribution in [0.15, 0.2) is 60.8 Å². The second-order valence-electron chi connectivity index (χ2n) is 6.49. The Balaban J connectivity index is 2.53. The van der Waals surface area contributed by atoms with Crippen molar-refractivity contribution in [1.29, 1.82) is 0 Å². The average molecular weight is 329 g/mol. The third-order valence-electron chi connectivity index (χ3n) is 4.04. The first-order valence-corrected chi connectivity index (χ1v) is 7.69. The number of benzene rings is 2. The molecule has 24 heavy (non-hydrogen) atoms. The second kappa shape index (κ2) is 6.95. The van der Waals surface area contributed by atoms with E-state index in [0.717, 1.165) is 11.1 Å².